The highest BCUT2D eigenvalue weighted by atomic mass is 16.4. The van der Waals surface area contributed by atoms with Crippen LogP contribution in [0.2, 0.25) is 0 Å². The first-order chi connectivity index (χ1) is 5.70. The third-order valence-corrected chi connectivity index (χ3v) is 2.26. The topological polar surface area (TPSA) is 37.3 Å². The molecule has 0 saturated heterocycles. The van der Waals surface area contributed by atoms with E-state index in [0.29, 0.717) is 12.3 Å². The van der Waals surface area contributed by atoms with E-state index in [1.54, 1.807) is 0 Å². The van der Waals surface area contributed by atoms with Gasteiger partial charge in [-0.3, -0.25) is 4.79 Å². The average Bonchev–Trinajstić information content (AvgIpc) is 2.02. The number of unbranched alkanes of at least 4 members (excludes halogenated alkanes) is 2. The monoisotopic (exact) mass is 172 g/mol. The number of carboxylic acids is 1. The predicted molar refractivity (Wildman–Crippen MR) is 50.2 cm³/mol. The van der Waals surface area contributed by atoms with Gasteiger partial charge in [-0.25, -0.2) is 0 Å². The number of hydrogen-bond donors (Lipinski definition) is 1. The smallest absolute Gasteiger partial charge is 0.303 e. The molecule has 0 bridgehead atoms. The van der Waals surface area contributed by atoms with Crippen LogP contribution in [-0.4, -0.2) is 11.1 Å². The fraction of sp³-hybridized carbons (Fsp3) is 0.900. The summed E-state index contributed by atoms with van der Waals surface area (Å²) in [6.45, 7) is 4.23. The SMILES string of the molecule is CCCCC[C@H](CC)CC(=O)O. The van der Waals surface area contributed by atoms with Crippen molar-refractivity contribution in [3.05, 3.63) is 0 Å². The molecule has 0 radical (unpaired) electrons. The molecule has 2 heteroatoms. The Balaban J connectivity index is 3.46. The number of carboxylic acid groups (broad SMARTS) is 1. The van der Waals surface area contributed by atoms with Crippen molar-refractivity contribution in [3.63, 3.8) is 0 Å². The van der Waals surface area contributed by atoms with Crippen LogP contribution in [0, 0.1) is 5.92 Å². The van der Waals surface area contributed by atoms with Crippen LogP contribution in [0.15, 0.2) is 0 Å². The van der Waals surface area contributed by atoms with Crippen LogP contribution < -0.4 is 0 Å². The third kappa shape index (κ3) is 6.20. The minimum atomic E-state index is -0.654. The van der Waals surface area contributed by atoms with Gasteiger partial charge in [0.25, 0.3) is 0 Å². The van der Waals surface area contributed by atoms with Crippen LogP contribution in [0.3, 0.4) is 0 Å². The van der Waals surface area contributed by atoms with Crippen LogP contribution in [0.5, 0.6) is 0 Å². The lowest BCUT2D eigenvalue weighted by atomic mass is 9.95. The highest BCUT2D eigenvalue weighted by molar-refractivity contribution is 5.66. The van der Waals surface area contributed by atoms with Gasteiger partial charge in [0.15, 0.2) is 0 Å². The Bertz CT molecular complexity index is 121. The molecule has 1 atom stereocenters. The molecule has 2 nitrogen and oxygen atoms in total. The second-order valence-electron chi connectivity index (χ2n) is 3.37. The standard InChI is InChI=1S/C10H20O2/c1-3-5-6-7-9(4-2)8-10(11)12/h9H,3-8H2,1-2H3,(H,11,12)/t9-/m0/s1. The number of rotatable bonds is 7. The molecule has 0 amide bonds. The largest absolute Gasteiger partial charge is 0.481 e. The van der Waals surface area contributed by atoms with Gasteiger partial charge in [0.2, 0.25) is 0 Å². The normalized spacial score (nSPS) is 12.8. The van der Waals surface area contributed by atoms with E-state index in [9.17, 15) is 4.79 Å². The highest BCUT2D eigenvalue weighted by Gasteiger charge is 2.09. The zero-order chi connectivity index (χ0) is 9.40. The molecule has 72 valence electrons. The van der Waals surface area contributed by atoms with Crippen LogP contribution in [0.25, 0.3) is 0 Å². The van der Waals surface area contributed by atoms with Gasteiger partial charge in [-0.1, -0.05) is 39.5 Å². The van der Waals surface area contributed by atoms with Gasteiger partial charge in [0.05, 0.1) is 0 Å². The Morgan fingerprint density at radius 1 is 1.33 bits per heavy atom. The van der Waals surface area contributed by atoms with E-state index in [2.05, 4.69) is 13.8 Å². The Hall–Kier alpha value is -0.530. The Morgan fingerprint density at radius 3 is 2.42 bits per heavy atom. The molecular formula is C10H20O2. The van der Waals surface area contributed by atoms with Crippen LogP contribution in [0.1, 0.15) is 52.4 Å². The summed E-state index contributed by atoms with van der Waals surface area (Å²) in [6.07, 6.45) is 6.05. The Kier molecular flexibility index (Phi) is 6.82. The van der Waals surface area contributed by atoms with Gasteiger partial charge in [0, 0.05) is 6.42 Å². The fourth-order valence-corrected chi connectivity index (χ4v) is 1.38. The maximum absolute atomic E-state index is 10.4. The molecule has 0 rings (SSSR count). The van der Waals surface area contributed by atoms with Gasteiger partial charge in [-0.05, 0) is 12.3 Å². The summed E-state index contributed by atoms with van der Waals surface area (Å²) in [7, 11) is 0. The van der Waals surface area contributed by atoms with Gasteiger partial charge in [-0.2, -0.15) is 0 Å². The summed E-state index contributed by atoms with van der Waals surface area (Å²) in [4.78, 5) is 10.4. The van der Waals surface area contributed by atoms with Gasteiger partial charge in [-0.15, -0.1) is 0 Å². The second-order valence-corrected chi connectivity index (χ2v) is 3.37. The predicted octanol–water partition coefficient (Wildman–Crippen LogP) is 3.07. The molecule has 0 unspecified atom stereocenters. The first-order valence-corrected chi connectivity index (χ1v) is 4.92. The van der Waals surface area contributed by atoms with E-state index in [1.165, 1.54) is 19.3 Å². The quantitative estimate of drug-likeness (QED) is 0.599. The maximum atomic E-state index is 10.4. The number of hydrogen-bond acceptors (Lipinski definition) is 1. The molecule has 12 heavy (non-hydrogen) atoms. The van der Waals surface area contributed by atoms with Gasteiger partial charge in [0.1, 0.15) is 0 Å². The average molecular weight is 172 g/mol. The molecule has 0 spiro atoms. The molecule has 0 saturated carbocycles. The summed E-state index contributed by atoms with van der Waals surface area (Å²) in [6, 6.07) is 0. The zero-order valence-corrected chi connectivity index (χ0v) is 8.18. The van der Waals surface area contributed by atoms with Gasteiger partial charge < -0.3 is 5.11 Å². The van der Waals surface area contributed by atoms with Crippen LogP contribution in [-0.2, 0) is 4.79 Å². The molecular weight excluding hydrogens is 152 g/mol. The van der Waals surface area contributed by atoms with E-state index in [4.69, 9.17) is 5.11 Å². The second kappa shape index (κ2) is 7.14. The summed E-state index contributed by atoms with van der Waals surface area (Å²) in [5.74, 6) is -0.257. The van der Waals surface area contributed by atoms with Crippen molar-refractivity contribution in [1.82, 2.24) is 0 Å². The first-order valence-electron chi connectivity index (χ1n) is 4.92. The summed E-state index contributed by atoms with van der Waals surface area (Å²) < 4.78 is 0. The van der Waals surface area contributed by atoms with Crippen LogP contribution in [0.4, 0.5) is 0 Å². The van der Waals surface area contributed by atoms with Crippen molar-refractivity contribution in [2.75, 3.05) is 0 Å². The first kappa shape index (κ1) is 11.5. The molecule has 0 heterocycles. The zero-order valence-electron chi connectivity index (χ0n) is 8.18. The Morgan fingerprint density at radius 2 is 2.00 bits per heavy atom. The molecule has 0 aliphatic heterocycles. The molecule has 0 aliphatic carbocycles. The van der Waals surface area contributed by atoms with Crippen molar-refractivity contribution in [2.24, 2.45) is 5.92 Å². The third-order valence-electron chi connectivity index (χ3n) is 2.26. The lowest BCUT2D eigenvalue weighted by molar-refractivity contribution is -0.138. The van der Waals surface area contributed by atoms with E-state index in [-0.39, 0.29) is 0 Å². The summed E-state index contributed by atoms with van der Waals surface area (Å²) >= 11 is 0. The molecule has 0 fully saturated rings. The molecule has 0 aromatic heterocycles. The van der Waals surface area contributed by atoms with Crippen molar-refractivity contribution >= 4 is 5.97 Å². The Labute approximate surface area is 75.0 Å². The van der Waals surface area contributed by atoms with Crippen LogP contribution >= 0.6 is 0 Å². The van der Waals surface area contributed by atoms with Crippen molar-refractivity contribution in [1.29, 1.82) is 0 Å². The fourth-order valence-electron chi connectivity index (χ4n) is 1.38. The molecule has 0 aromatic carbocycles. The molecule has 0 aliphatic rings. The highest BCUT2D eigenvalue weighted by Crippen LogP contribution is 2.16. The molecule has 1 N–H and O–H groups in total. The minimum absolute atomic E-state index is 0.347. The van der Waals surface area contributed by atoms with E-state index < -0.39 is 5.97 Å². The van der Waals surface area contributed by atoms with E-state index >= 15 is 0 Å². The van der Waals surface area contributed by atoms with E-state index in [0.717, 1.165) is 12.8 Å². The number of aliphatic carboxylic acids is 1. The van der Waals surface area contributed by atoms with Crippen molar-refractivity contribution < 1.29 is 9.90 Å². The van der Waals surface area contributed by atoms with Gasteiger partial charge >= 0.3 is 5.97 Å². The minimum Gasteiger partial charge on any atom is -0.481 e. The summed E-state index contributed by atoms with van der Waals surface area (Å²) in [5, 5.41) is 8.57. The maximum Gasteiger partial charge on any atom is 0.303 e. The lowest BCUT2D eigenvalue weighted by Crippen LogP contribution is -2.06. The van der Waals surface area contributed by atoms with E-state index in [1.807, 2.05) is 0 Å². The van der Waals surface area contributed by atoms with Crippen molar-refractivity contribution in [3.8, 4) is 0 Å². The number of carbonyl (C=O) groups is 1. The molecule has 0 aromatic rings. The summed E-state index contributed by atoms with van der Waals surface area (Å²) in [5.41, 5.74) is 0. The van der Waals surface area contributed by atoms with Crippen molar-refractivity contribution in [2.45, 2.75) is 52.4 Å². The lowest BCUT2D eigenvalue weighted by Gasteiger charge is -2.10.